The summed E-state index contributed by atoms with van der Waals surface area (Å²) in [5.41, 5.74) is 7.48. The molecule has 0 spiro atoms. The van der Waals surface area contributed by atoms with Gasteiger partial charge in [0.15, 0.2) is 0 Å². The first-order valence-electron chi connectivity index (χ1n) is 13.2. The smallest absolute Gasteiger partial charge is 0.128 e. The Kier molecular flexibility index (Phi) is 5.66. The van der Waals surface area contributed by atoms with Crippen LogP contribution in [0.1, 0.15) is 40.8 Å². The Morgan fingerprint density at radius 2 is 1.68 bits per heavy atom. The van der Waals surface area contributed by atoms with Crippen molar-refractivity contribution < 1.29 is 4.39 Å². The second kappa shape index (κ2) is 9.46. The molecule has 38 heavy (non-hydrogen) atoms. The average Bonchev–Trinajstić information content (AvgIpc) is 3.59. The van der Waals surface area contributed by atoms with Crippen molar-refractivity contribution in [2.45, 2.75) is 24.9 Å². The third-order valence-corrected chi connectivity index (χ3v) is 8.00. The average molecular weight is 498 g/mol. The first kappa shape index (κ1) is 22.7. The standard InChI is InChI=1S/C34H28FN3/c35-31-13-4-1-9-25(31)22-38-27(20-24-8-2-6-15-33(24)38)21-36-26-18-16-23(17-19-26)34-30-12-7-11-28(30)29-10-3-5-14-32(29)37-34/h1-11,13-21,28,30,34,37H,12,22H2/t28-,30-,34+/m1/s1. The van der Waals surface area contributed by atoms with Gasteiger partial charge in [0.05, 0.1) is 30.2 Å². The number of para-hydroxylation sites is 2. The predicted octanol–water partition coefficient (Wildman–Crippen LogP) is 8.41. The maximum absolute atomic E-state index is 14.5. The summed E-state index contributed by atoms with van der Waals surface area (Å²) in [6, 6.07) is 34.8. The lowest BCUT2D eigenvalue weighted by atomic mass is 9.77. The Bertz CT molecular complexity index is 1680. The molecule has 4 aromatic carbocycles. The van der Waals surface area contributed by atoms with Crippen LogP contribution < -0.4 is 5.32 Å². The first-order valence-corrected chi connectivity index (χ1v) is 13.2. The number of nitrogens with zero attached hydrogens (tertiary/aromatic N) is 2. The number of fused-ring (bicyclic) bond motifs is 4. The number of halogens is 1. The fourth-order valence-electron chi connectivity index (χ4n) is 6.09. The molecule has 0 saturated heterocycles. The molecule has 0 radical (unpaired) electrons. The fourth-order valence-corrected chi connectivity index (χ4v) is 6.09. The highest BCUT2D eigenvalue weighted by atomic mass is 19.1. The van der Waals surface area contributed by atoms with Gasteiger partial charge in [-0.15, -0.1) is 0 Å². The lowest BCUT2D eigenvalue weighted by Crippen LogP contribution is -2.28. The van der Waals surface area contributed by atoms with E-state index in [1.165, 1.54) is 22.9 Å². The minimum absolute atomic E-state index is 0.192. The van der Waals surface area contributed by atoms with Crippen LogP contribution in [0, 0.1) is 11.7 Å². The quantitative estimate of drug-likeness (QED) is 0.192. The van der Waals surface area contributed by atoms with E-state index in [2.05, 4.69) is 88.8 Å². The van der Waals surface area contributed by atoms with Gasteiger partial charge in [-0.2, -0.15) is 0 Å². The number of aliphatic imine (C=N–C) groups is 1. The van der Waals surface area contributed by atoms with Crippen LogP contribution in [0.25, 0.3) is 10.9 Å². The number of allylic oxidation sites excluding steroid dienone is 2. The molecule has 186 valence electrons. The van der Waals surface area contributed by atoms with Crippen LogP contribution in [0.15, 0.2) is 120 Å². The maximum atomic E-state index is 14.5. The lowest BCUT2D eigenvalue weighted by Gasteiger charge is -2.37. The molecule has 1 aliphatic carbocycles. The third-order valence-electron chi connectivity index (χ3n) is 8.00. The molecule has 2 heterocycles. The largest absolute Gasteiger partial charge is 0.378 e. The van der Waals surface area contributed by atoms with Crippen molar-refractivity contribution in [2.24, 2.45) is 10.9 Å². The summed E-state index contributed by atoms with van der Waals surface area (Å²) in [4.78, 5) is 4.81. The molecular weight excluding hydrogens is 469 g/mol. The minimum Gasteiger partial charge on any atom is -0.378 e. The van der Waals surface area contributed by atoms with Crippen molar-refractivity contribution >= 4 is 28.5 Å². The van der Waals surface area contributed by atoms with Gasteiger partial charge >= 0.3 is 0 Å². The van der Waals surface area contributed by atoms with Crippen molar-refractivity contribution in [3.8, 4) is 0 Å². The van der Waals surface area contributed by atoms with Gasteiger partial charge in [-0.3, -0.25) is 4.99 Å². The summed E-state index contributed by atoms with van der Waals surface area (Å²) in [5, 5.41) is 4.91. The molecule has 0 fully saturated rings. The summed E-state index contributed by atoms with van der Waals surface area (Å²) in [7, 11) is 0. The van der Waals surface area contributed by atoms with Crippen molar-refractivity contribution in [3.05, 3.63) is 143 Å². The minimum atomic E-state index is -0.192. The molecule has 0 saturated carbocycles. The zero-order chi connectivity index (χ0) is 25.5. The van der Waals surface area contributed by atoms with Crippen LogP contribution in [0.5, 0.6) is 0 Å². The molecule has 0 bridgehead atoms. The van der Waals surface area contributed by atoms with Gasteiger partial charge in [-0.05, 0) is 59.9 Å². The molecule has 1 aliphatic heterocycles. The Hall–Kier alpha value is -4.44. The SMILES string of the molecule is Fc1ccccc1Cn1c(C=Nc2ccc([C@@H]3Nc4ccccc4[C@H]4C=CC[C@H]43)cc2)cc2ccccc21. The van der Waals surface area contributed by atoms with Gasteiger partial charge in [0.2, 0.25) is 0 Å². The van der Waals surface area contributed by atoms with Gasteiger partial charge in [0, 0.05) is 28.1 Å². The molecule has 3 atom stereocenters. The van der Waals surface area contributed by atoms with E-state index < -0.39 is 0 Å². The van der Waals surface area contributed by atoms with E-state index >= 15 is 0 Å². The van der Waals surface area contributed by atoms with E-state index in [-0.39, 0.29) is 11.9 Å². The van der Waals surface area contributed by atoms with E-state index in [0.29, 0.717) is 23.9 Å². The third kappa shape index (κ3) is 4.03. The zero-order valence-corrected chi connectivity index (χ0v) is 21.0. The Labute approximate surface area is 222 Å². The van der Waals surface area contributed by atoms with Gasteiger partial charge in [0.1, 0.15) is 5.82 Å². The van der Waals surface area contributed by atoms with Gasteiger partial charge in [-0.1, -0.05) is 78.9 Å². The lowest BCUT2D eigenvalue weighted by molar-refractivity contribution is 0.425. The van der Waals surface area contributed by atoms with E-state index in [9.17, 15) is 4.39 Å². The number of benzene rings is 4. The Morgan fingerprint density at radius 1 is 0.895 bits per heavy atom. The van der Waals surface area contributed by atoms with E-state index in [4.69, 9.17) is 4.99 Å². The zero-order valence-electron chi connectivity index (χ0n) is 21.0. The van der Waals surface area contributed by atoms with Crippen LogP contribution in [0.4, 0.5) is 15.8 Å². The highest BCUT2D eigenvalue weighted by Crippen LogP contribution is 2.49. The van der Waals surface area contributed by atoms with Crippen molar-refractivity contribution in [1.82, 2.24) is 4.57 Å². The summed E-state index contributed by atoms with van der Waals surface area (Å²) < 4.78 is 16.6. The molecule has 7 rings (SSSR count). The molecule has 1 N–H and O–H groups in total. The van der Waals surface area contributed by atoms with Gasteiger partial charge < -0.3 is 9.88 Å². The number of anilines is 1. The molecule has 3 nitrogen and oxygen atoms in total. The number of rotatable bonds is 5. The monoisotopic (exact) mass is 497 g/mol. The molecule has 5 aromatic rings. The predicted molar refractivity (Wildman–Crippen MR) is 154 cm³/mol. The second-order valence-electron chi connectivity index (χ2n) is 10.2. The summed E-state index contributed by atoms with van der Waals surface area (Å²) >= 11 is 0. The summed E-state index contributed by atoms with van der Waals surface area (Å²) in [6.07, 6.45) is 7.67. The molecule has 0 unspecified atom stereocenters. The van der Waals surface area contributed by atoms with E-state index in [0.717, 1.165) is 28.7 Å². The maximum Gasteiger partial charge on any atom is 0.128 e. The van der Waals surface area contributed by atoms with Crippen LogP contribution in [-0.2, 0) is 6.54 Å². The van der Waals surface area contributed by atoms with Gasteiger partial charge in [0.25, 0.3) is 0 Å². The number of nitrogens with one attached hydrogen (secondary N) is 1. The second-order valence-corrected chi connectivity index (χ2v) is 10.2. The molecular formula is C34H28FN3. The van der Waals surface area contributed by atoms with Crippen LogP contribution >= 0.6 is 0 Å². The number of hydrogen-bond donors (Lipinski definition) is 1. The molecule has 2 aliphatic rings. The molecule has 4 heteroatoms. The molecule has 1 aromatic heterocycles. The van der Waals surface area contributed by atoms with Crippen LogP contribution in [-0.4, -0.2) is 10.8 Å². The summed E-state index contributed by atoms with van der Waals surface area (Å²) in [6.45, 7) is 0.450. The number of hydrogen-bond acceptors (Lipinski definition) is 2. The van der Waals surface area contributed by atoms with Gasteiger partial charge in [-0.25, -0.2) is 4.39 Å². The normalized spacial score (nSPS) is 20.0. The van der Waals surface area contributed by atoms with Crippen molar-refractivity contribution in [2.75, 3.05) is 5.32 Å². The number of aromatic nitrogens is 1. The van der Waals surface area contributed by atoms with E-state index in [1.807, 2.05) is 30.5 Å². The first-order chi connectivity index (χ1) is 18.7. The van der Waals surface area contributed by atoms with Crippen molar-refractivity contribution in [1.29, 1.82) is 0 Å². The fraction of sp³-hybridized carbons (Fsp3) is 0.147. The Balaban J connectivity index is 1.17. The van der Waals surface area contributed by atoms with E-state index in [1.54, 1.807) is 6.07 Å². The van der Waals surface area contributed by atoms with Crippen molar-refractivity contribution in [3.63, 3.8) is 0 Å². The summed E-state index contributed by atoms with van der Waals surface area (Å²) in [5.74, 6) is 0.794. The Morgan fingerprint density at radius 3 is 2.58 bits per heavy atom. The topological polar surface area (TPSA) is 29.3 Å². The van der Waals surface area contributed by atoms with Crippen LogP contribution in [0.2, 0.25) is 0 Å². The van der Waals surface area contributed by atoms with Crippen LogP contribution in [0.3, 0.4) is 0 Å². The molecule has 0 amide bonds. The highest BCUT2D eigenvalue weighted by Gasteiger charge is 2.37. The highest BCUT2D eigenvalue weighted by molar-refractivity contribution is 5.91.